The maximum Gasteiger partial charge on any atom is 0.119 e. The summed E-state index contributed by atoms with van der Waals surface area (Å²) in [5.41, 5.74) is 5.64. The van der Waals surface area contributed by atoms with Gasteiger partial charge >= 0.3 is 0 Å². The van der Waals surface area contributed by atoms with Crippen molar-refractivity contribution < 1.29 is 0 Å². The number of hydrogen-bond acceptors (Lipinski definition) is 3. The average Bonchev–Trinajstić information content (AvgIpc) is 3.08. The molecule has 3 heteroatoms. The van der Waals surface area contributed by atoms with E-state index < -0.39 is 5.54 Å². The summed E-state index contributed by atoms with van der Waals surface area (Å²) in [6.45, 7) is 6.29. The molecule has 0 saturated heterocycles. The first-order valence-electron chi connectivity index (χ1n) is 6.49. The molecule has 0 radical (unpaired) electrons. The molecule has 1 unspecified atom stereocenters. The zero-order chi connectivity index (χ0) is 11.8. The van der Waals surface area contributed by atoms with Crippen LogP contribution in [0.3, 0.4) is 0 Å². The third-order valence-corrected chi connectivity index (χ3v) is 3.90. The molecular weight excluding hydrogens is 198 g/mol. The second-order valence-corrected chi connectivity index (χ2v) is 5.89. The van der Waals surface area contributed by atoms with Crippen molar-refractivity contribution in [3.8, 4) is 6.07 Å². The summed E-state index contributed by atoms with van der Waals surface area (Å²) in [5.74, 6) is 1.31. The van der Waals surface area contributed by atoms with Crippen LogP contribution in [0.5, 0.6) is 0 Å². The number of hydrogen-bond donors (Lipinski definition) is 1. The van der Waals surface area contributed by atoms with E-state index in [1.165, 1.54) is 12.8 Å². The zero-order valence-electron chi connectivity index (χ0n) is 10.4. The van der Waals surface area contributed by atoms with Gasteiger partial charge in [0.15, 0.2) is 0 Å². The van der Waals surface area contributed by atoms with Crippen molar-refractivity contribution in [3.05, 3.63) is 0 Å². The van der Waals surface area contributed by atoms with Crippen LogP contribution in [0.1, 0.15) is 39.5 Å². The van der Waals surface area contributed by atoms with Gasteiger partial charge in [0.05, 0.1) is 6.07 Å². The van der Waals surface area contributed by atoms with Crippen molar-refractivity contribution in [2.45, 2.75) is 51.1 Å². The molecule has 0 aromatic heterocycles. The van der Waals surface area contributed by atoms with Crippen LogP contribution in [0, 0.1) is 23.2 Å². The summed E-state index contributed by atoms with van der Waals surface area (Å²) in [6.07, 6.45) is 4.99. The Morgan fingerprint density at radius 1 is 1.38 bits per heavy atom. The third-order valence-electron chi connectivity index (χ3n) is 3.90. The molecular formula is C13H23N3. The lowest BCUT2D eigenvalue weighted by molar-refractivity contribution is 0.173. The van der Waals surface area contributed by atoms with Crippen LogP contribution in [-0.2, 0) is 0 Å². The molecule has 2 aliphatic rings. The second kappa shape index (κ2) is 4.35. The molecule has 2 fully saturated rings. The summed E-state index contributed by atoms with van der Waals surface area (Å²) >= 11 is 0. The van der Waals surface area contributed by atoms with Gasteiger partial charge in [0, 0.05) is 19.1 Å². The maximum atomic E-state index is 9.27. The smallest absolute Gasteiger partial charge is 0.119 e. The monoisotopic (exact) mass is 221 g/mol. The first-order chi connectivity index (χ1) is 7.55. The fraction of sp³-hybridized carbons (Fsp3) is 0.923. The molecule has 0 aliphatic heterocycles. The lowest BCUT2D eigenvalue weighted by Crippen LogP contribution is -2.53. The van der Waals surface area contributed by atoms with Gasteiger partial charge in [0.2, 0.25) is 0 Å². The van der Waals surface area contributed by atoms with Gasteiger partial charge in [0.25, 0.3) is 0 Å². The fourth-order valence-electron chi connectivity index (χ4n) is 2.28. The molecule has 0 aromatic rings. The van der Waals surface area contributed by atoms with Crippen LogP contribution in [0.2, 0.25) is 0 Å². The Balaban J connectivity index is 1.94. The molecule has 0 amide bonds. The highest BCUT2D eigenvalue weighted by atomic mass is 15.2. The molecule has 2 N–H and O–H groups in total. The van der Waals surface area contributed by atoms with Gasteiger partial charge in [-0.15, -0.1) is 0 Å². The van der Waals surface area contributed by atoms with Crippen molar-refractivity contribution >= 4 is 0 Å². The summed E-state index contributed by atoms with van der Waals surface area (Å²) in [7, 11) is 0. The van der Waals surface area contributed by atoms with Crippen molar-refractivity contribution in [1.29, 1.82) is 5.26 Å². The van der Waals surface area contributed by atoms with Crippen LogP contribution in [0.4, 0.5) is 0 Å². The van der Waals surface area contributed by atoms with E-state index in [1.807, 2.05) is 0 Å². The first kappa shape index (κ1) is 11.9. The Morgan fingerprint density at radius 3 is 2.38 bits per heavy atom. The predicted molar refractivity (Wildman–Crippen MR) is 64.7 cm³/mol. The number of nitrogens with zero attached hydrogens (tertiary/aromatic N) is 2. The van der Waals surface area contributed by atoms with E-state index in [-0.39, 0.29) is 0 Å². The average molecular weight is 221 g/mol. The first-order valence-corrected chi connectivity index (χ1v) is 6.49. The van der Waals surface area contributed by atoms with E-state index in [0.717, 1.165) is 31.8 Å². The molecule has 2 saturated carbocycles. The second-order valence-electron chi connectivity index (χ2n) is 5.89. The SMILES string of the molecule is CC(C)N(CC1CC1)CC(N)(C#N)C1CC1. The molecule has 0 spiro atoms. The van der Waals surface area contributed by atoms with Crippen LogP contribution >= 0.6 is 0 Å². The van der Waals surface area contributed by atoms with Gasteiger partial charge in [-0.25, -0.2) is 0 Å². The van der Waals surface area contributed by atoms with Crippen molar-refractivity contribution in [3.63, 3.8) is 0 Å². The van der Waals surface area contributed by atoms with Crippen molar-refractivity contribution in [1.82, 2.24) is 4.90 Å². The van der Waals surface area contributed by atoms with Gasteiger partial charge in [-0.3, -0.25) is 4.90 Å². The Kier molecular flexibility index (Phi) is 3.23. The molecule has 2 aliphatic carbocycles. The van der Waals surface area contributed by atoms with Gasteiger partial charge in [-0.1, -0.05) is 0 Å². The van der Waals surface area contributed by atoms with Crippen LogP contribution in [-0.4, -0.2) is 29.6 Å². The molecule has 16 heavy (non-hydrogen) atoms. The van der Waals surface area contributed by atoms with Gasteiger partial charge in [-0.2, -0.15) is 5.26 Å². The number of nitriles is 1. The lowest BCUT2D eigenvalue weighted by Gasteiger charge is -2.33. The van der Waals surface area contributed by atoms with E-state index in [9.17, 15) is 5.26 Å². The molecule has 2 rings (SSSR count). The summed E-state index contributed by atoms with van der Waals surface area (Å²) in [4.78, 5) is 2.40. The summed E-state index contributed by atoms with van der Waals surface area (Å²) in [6, 6.07) is 2.85. The molecule has 1 atom stereocenters. The zero-order valence-corrected chi connectivity index (χ0v) is 10.4. The fourth-order valence-corrected chi connectivity index (χ4v) is 2.28. The largest absolute Gasteiger partial charge is 0.312 e. The molecule has 0 bridgehead atoms. The van der Waals surface area contributed by atoms with Crippen LogP contribution < -0.4 is 5.73 Å². The van der Waals surface area contributed by atoms with E-state index in [1.54, 1.807) is 0 Å². The van der Waals surface area contributed by atoms with Gasteiger partial charge < -0.3 is 5.73 Å². The summed E-state index contributed by atoms with van der Waals surface area (Å²) in [5, 5.41) is 9.27. The topological polar surface area (TPSA) is 53.0 Å². The third kappa shape index (κ3) is 2.75. The summed E-state index contributed by atoms with van der Waals surface area (Å²) < 4.78 is 0. The van der Waals surface area contributed by atoms with E-state index in [0.29, 0.717) is 12.0 Å². The van der Waals surface area contributed by atoms with Crippen LogP contribution in [0.15, 0.2) is 0 Å². The Hall–Kier alpha value is -0.590. The van der Waals surface area contributed by atoms with E-state index >= 15 is 0 Å². The van der Waals surface area contributed by atoms with E-state index in [2.05, 4.69) is 24.8 Å². The van der Waals surface area contributed by atoms with Crippen molar-refractivity contribution in [2.75, 3.05) is 13.1 Å². The molecule has 3 nitrogen and oxygen atoms in total. The van der Waals surface area contributed by atoms with Crippen LogP contribution in [0.25, 0.3) is 0 Å². The number of rotatable bonds is 6. The highest BCUT2D eigenvalue weighted by Crippen LogP contribution is 2.39. The molecule has 90 valence electrons. The lowest BCUT2D eigenvalue weighted by atomic mass is 9.95. The highest BCUT2D eigenvalue weighted by molar-refractivity contribution is 5.15. The predicted octanol–water partition coefficient (Wildman–Crippen LogP) is 1.74. The van der Waals surface area contributed by atoms with E-state index in [4.69, 9.17) is 5.73 Å². The Bertz CT molecular complexity index is 286. The maximum absolute atomic E-state index is 9.27. The minimum Gasteiger partial charge on any atom is -0.312 e. The standard InChI is InChI=1S/C13H23N3/c1-10(2)16(7-11-3-4-11)9-13(15,8-14)12-5-6-12/h10-12H,3-7,9,15H2,1-2H3. The highest BCUT2D eigenvalue weighted by Gasteiger charge is 2.44. The minimum atomic E-state index is -0.598. The molecule has 0 aromatic carbocycles. The minimum absolute atomic E-state index is 0.443. The number of nitrogens with two attached hydrogens (primary N) is 1. The van der Waals surface area contributed by atoms with Gasteiger partial charge in [-0.05, 0) is 51.4 Å². The Morgan fingerprint density at radius 2 is 2.00 bits per heavy atom. The Labute approximate surface area is 98.6 Å². The van der Waals surface area contributed by atoms with Gasteiger partial charge in [0.1, 0.15) is 5.54 Å². The van der Waals surface area contributed by atoms with Crippen molar-refractivity contribution in [2.24, 2.45) is 17.6 Å². The quantitative estimate of drug-likeness (QED) is 0.743. The molecule has 0 heterocycles. The normalized spacial score (nSPS) is 24.5.